The molecule has 0 fully saturated rings. The van der Waals surface area contributed by atoms with E-state index in [0.29, 0.717) is 13.1 Å². The molecule has 0 saturated carbocycles. The molecule has 6 heteroatoms. The highest BCUT2D eigenvalue weighted by molar-refractivity contribution is 9.11. The number of hydrogen-bond donors (Lipinski definition) is 2. The van der Waals surface area contributed by atoms with E-state index in [2.05, 4.69) is 21.2 Å². The molecule has 16 heavy (non-hydrogen) atoms. The summed E-state index contributed by atoms with van der Waals surface area (Å²) in [7, 11) is 0. The van der Waals surface area contributed by atoms with Gasteiger partial charge in [-0.3, -0.25) is 4.79 Å². The average Bonchev–Trinajstić information content (AvgIpc) is 2.60. The summed E-state index contributed by atoms with van der Waals surface area (Å²) in [6.45, 7) is 4.60. The Bertz CT molecular complexity index is 354. The molecule has 0 bridgehead atoms. The lowest BCUT2D eigenvalue weighted by Crippen LogP contribution is -2.41. The molecule has 0 aromatic carbocycles. The van der Waals surface area contributed by atoms with Gasteiger partial charge in [-0.2, -0.15) is 0 Å². The Morgan fingerprint density at radius 1 is 1.56 bits per heavy atom. The van der Waals surface area contributed by atoms with Crippen molar-refractivity contribution in [2.75, 3.05) is 6.54 Å². The van der Waals surface area contributed by atoms with Crippen LogP contribution in [-0.2, 0) is 11.3 Å². The molecule has 1 rings (SSSR count). The van der Waals surface area contributed by atoms with Gasteiger partial charge in [-0.25, -0.2) is 0 Å². The first-order valence-electron chi connectivity index (χ1n) is 4.68. The van der Waals surface area contributed by atoms with E-state index in [0.717, 1.165) is 8.66 Å². The van der Waals surface area contributed by atoms with Crippen LogP contribution in [0.3, 0.4) is 0 Å². The first-order chi connectivity index (χ1) is 6.95. The van der Waals surface area contributed by atoms with Crippen molar-refractivity contribution in [3.05, 3.63) is 20.8 Å². The number of rotatable bonds is 4. The van der Waals surface area contributed by atoms with Crippen molar-refractivity contribution in [2.45, 2.75) is 20.4 Å². The van der Waals surface area contributed by atoms with Crippen LogP contribution in [0.15, 0.2) is 15.9 Å². The molecule has 1 heterocycles. The van der Waals surface area contributed by atoms with Crippen LogP contribution in [0.5, 0.6) is 0 Å². The van der Waals surface area contributed by atoms with E-state index in [1.807, 2.05) is 26.0 Å². The molecule has 0 aliphatic rings. The van der Waals surface area contributed by atoms with Crippen molar-refractivity contribution in [2.24, 2.45) is 11.1 Å². The van der Waals surface area contributed by atoms with E-state index >= 15 is 0 Å². The van der Waals surface area contributed by atoms with Gasteiger partial charge in [-0.05, 0) is 41.9 Å². The first-order valence-corrected chi connectivity index (χ1v) is 6.29. The summed E-state index contributed by atoms with van der Waals surface area (Å²) in [5.74, 6) is -0.00507. The largest absolute Gasteiger partial charge is 0.351 e. The highest BCUT2D eigenvalue weighted by atomic mass is 79.9. The van der Waals surface area contributed by atoms with Crippen LogP contribution >= 0.6 is 39.7 Å². The van der Waals surface area contributed by atoms with Crippen molar-refractivity contribution in [3.63, 3.8) is 0 Å². The molecule has 0 aliphatic heterocycles. The second-order valence-electron chi connectivity index (χ2n) is 3.98. The Balaban J connectivity index is 0.00000225. The summed E-state index contributed by atoms with van der Waals surface area (Å²) >= 11 is 5.00. The van der Waals surface area contributed by atoms with Crippen LogP contribution in [0.25, 0.3) is 0 Å². The minimum Gasteiger partial charge on any atom is -0.351 e. The van der Waals surface area contributed by atoms with E-state index in [1.54, 1.807) is 11.3 Å². The zero-order chi connectivity index (χ0) is 11.5. The Morgan fingerprint density at radius 2 is 2.19 bits per heavy atom. The third-order valence-electron chi connectivity index (χ3n) is 2.18. The van der Waals surface area contributed by atoms with Gasteiger partial charge >= 0.3 is 0 Å². The number of carbonyl (C=O) groups is 1. The number of carbonyl (C=O) groups excluding carboxylic acids is 1. The fourth-order valence-corrected chi connectivity index (χ4v) is 2.37. The lowest BCUT2D eigenvalue weighted by Gasteiger charge is -2.20. The third-order valence-corrected chi connectivity index (χ3v) is 3.80. The predicted molar refractivity (Wildman–Crippen MR) is 73.9 cm³/mol. The molecule has 1 amide bonds. The van der Waals surface area contributed by atoms with Gasteiger partial charge < -0.3 is 11.1 Å². The summed E-state index contributed by atoms with van der Waals surface area (Å²) in [6.07, 6.45) is 0. The highest BCUT2D eigenvalue weighted by Crippen LogP contribution is 2.22. The molecule has 0 aliphatic carbocycles. The second-order valence-corrected chi connectivity index (χ2v) is 6.52. The highest BCUT2D eigenvalue weighted by Gasteiger charge is 2.25. The Morgan fingerprint density at radius 3 is 2.62 bits per heavy atom. The molecular weight excluding hydrogens is 312 g/mol. The number of hydrogen-bond acceptors (Lipinski definition) is 3. The maximum Gasteiger partial charge on any atom is 0.227 e. The van der Waals surface area contributed by atoms with Crippen molar-refractivity contribution < 1.29 is 4.79 Å². The molecule has 0 atom stereocenters. The number of nitrogens with one attached hydrogen (secondary N) is 1. The molecule has 1 aromatic rings. The second kappa shape index (κ2) is 6.59. The van der Waals surface area contributed by atoms with E-state index in [-0.39, 0.29) is 18.3 Å². The third kappa shape index (κ3) is 4.41. The lowest BCUT2D eigenvalue weighted by molar-refractivity contribution is -0.129. The predicted octanol–water partition coefficient (Wildman–Crippen LogP) is 2.53. The normalized spacial score (nSPS) is 10.8. The van der Waals surface area contributed by atoms with E-state index in [9.17, 15) is 4.79 Å². The average molecular weight is 328 g/mol. The minimum absolute atomic E-state index is 0. The van der Waals surface area contributed by atoms with E-state index in [4.69, 9.17) is 5.73 Å². The van der Waals surface area contributed by atoms with Gasteiger partial charge in [0.15, 0.2) is 0 Å². The summed E-state index contributed by atoms with van der Waals surface area (Å²) < 4.78 is 1.07. The first kappa shape index (κ1) is 15.9. The van der Waals surface area contributed by atoms with Gasteiger partial charge in [0.2, 0.25) is 5.91 Å². The standard InChI is InChI=1S/C10H15BrN2OS.ClH/c1-10(2,6-12)9(14)13-5-7-3-4-8(11)15-7;/h3-4H,5-6,12H2,1-2H3,(H,13,14);1H. The Kier molecular flexibility index (Phi) is 6.55. The van der Waals surface area contributed by atoms with Gasteiger partial charge in [-0.1, -0.05) is 0 Å². The molecule has 92 valence electrons. The van der Waals surface area contributed by atoms with E-state index < -0.39 is 5.41 Å². The maximum atomic E-state index is 11.7. The molecule has 0 radical (unpaired) electrons. The molecule has 1 aromatic heterocycles. The fraction of sp³-hybridized carbons (Fsp3) is 0.500. The van der Waals surface area contributed by atoms with Crippen molar-refractivity contribution in [1.82, 2.24) is 5.32 Å². The van der Waals surface area contributed by atoms with Crippen molar-refractivity contribution in [3.8, 4) is 0 Å². The van der Waals surface area contributed by atoms with E-state index in [1.165, 1.54) is 0 Å². The quantitative estimate of drug-likeness (QED) is 0.893. The molecule has 3 nitrogen and oxygen atoms in total. The monoisotopic (exact) mass is 326 g/mol. The van der Waals surface area contributed by atoms with Crippen molar-refractivity contribution in [1.29, 1.82) is 0 Å². The zero-order valence-corrected chi connectivity index (χ0v) is 12.5. The molecule has 0 saturated heterocycles. The van der Waals surface area contributed by atoms with Crippen molar-refractivity contribution >= 4 is 45.6 Å². The van der Waals surface area contributed by atoms with Crippen LogP contribution in [0.1, 0.15) is 18.7 Å². The fourth-order valence-electron chi connectivity index (χ4n) is 0.946. The Labute approximate surface area is 114 Å². The lowest BCUT2D eigenvalue weighted by atomic mass is 9.93. The smallest absolute Gasteiger partial charge is 0.227 e. The molecule has 0 spiro atoms. The van der Waals surface area contributed by atoms with Gasteiger partial charge in [0.1, 0.15) is 0 Å². The molecule has 0 unspecified atom stereocenters. The number of nitrogens with two attached hydrogens (primary N) is 1. The summed E-state index contributed by atoms with van der Waals surface area (Å²) in [5, 5.41) is 2.87. The Hall–Kier alpha value is -0.100. The number of thiophene rings is 1. The van der Waals surface area contributed by atoms with Crippen LogP contribution < -0.4 is 11.1 Å². The zero-order valence-electron chi connectivity index (χ0n) is 9.25. The topological polar surface area (TPSA) is 55.1 Å². The van der Waals surface area contributed by atoms with Gasteiger partial charge in [-0.15, -0.1) is 23.7 Å². The van der Waals surface area contributed by atoms with Crippen LogP contribution in [0, 0.1) is 5.41 Å². The van der Waals surface area contributed by atoms with Crippen LogP contribution in [0.4, 0.5) is 0 Å². The van der Waals surface area contributed by atoms with Gasteiger partial charge in [0.05, 0.1) is 15.7 Å². The number of amides is 1. The van der Waals surface area contributed by atoms with Crippen LogP contribution in [-0.4, -0.2) is 12.5 Å². The summed E-state index contributed by atoms with van der Waals surface area (Å²) in [6, 6.07) is 3.96. The summed E-state index contributed by atoms with van der Waals surface area (Å²) in [5.41, 5.74) is 5.02. The number of halogens is 2. The van der Waals surface area contributed by atoms with Gasteiger partial charge in [0.25, 0.3) is 0 Å². The SMILES string of the molecule is CC(C)(CN)C(=O)NCc1ccc(Br)s1.Cl. The molecule has 3 N–H and O–H groups in total. The van der Waals surface area contributed by atoms with Gasteiger partial charge in [0, 0.05) is 11.4 Å². The molecular formula is C10H16BrClN2OS. The van der Waals surface area contributed by atoms with Crippen LogP contribution in [0.2, 0.25) is 0 Å². The minimum atomic E-state index is -0.492. The maximum absolute atomic E-state index is 11.7. The summed E-state index contributed by atoms with van der Waals surface area (Å²) in [4.78, 5) is 12.8.